The van der Waals surface area contributed by atoms with Crippen LogP contribution in [0.2, 0.25) is 0 Å². The summed E-state index contributed by atoms with van der Waals surface area (Å²) in [5.41, 5.74) is 2.43. The Morgan fingerprint density at radius 2 is 1.71 bits per heavy atom. The molecule has 2 aliphatic heterocycles. The highest BCUT2D eigenvalue weighted by Gasteiger charge is 2.21. The number of hydrogen-bond donors (Lipinski definition) is 2. The summed E-state index contributed by atoms with van der Waals surface area (Å²) in [6.07, 6.45) is 5.11. The fourth-order valence-corrected chi connectivity index (χ4v) is 3.12. The summed E-state index contributed by atoms with van der Waals surface area (Å²) >= 11 is 0. The average Bonchev–Trinajstić information content (AvgIpc) is 2.74. The van der Waals surface area contributed by atoms with E-state index in [1.54, 1.807) is 24.3 Å². The number of hydrogen-bond acceptors (Lipinski definition) is 4. The van der Waals surface area contributed by atoms with Crippen LogP contribution in [0.3, 0.4) is 0 Å². The van der Waals surface area contributed by atoms with E-state index in [0.717, 1.165) is 37.3 Å². The lowest BCUT2D eigenvalue weighted by Gasteiger charge is -2.26. The fourth-order valence-electron chi connectivity index (χ4n) is 3.12. The Morgan fingerprint density at radius 3 is 2.50 bits per heavy atom. The Labute approximate surface area is 163 Å². The number of carbonyl (C=O) groups excluding carboxylic acids is 2. The molecule has 0 saturated carbocycles. The Kier molecular flexibility index (Phi) is 5.21. The van der Waals surface area contributed by atoms with Crippen molar-refractivity contribution < 1.29 is 14.3 Å². The number of carbonyl (C=O) groups is 2. The van der Waals surface area contributed by atoms with Gasteiger partial charge in [-0.3, -0.25) is 9.59 Å². The minimum atomic E-state index is -0.274. The number of nitrogens with zero attached hydrogens (tertiary/aromatic N) is 1. The SMILES string of the molecule is O=C1Nc2ccccc2O/C1=C\c1ccc(/C=C/C(=O)N2CCNCC2)cc1. The first-order valence-electron chi connectivity index (χ1n) is 9.27. The summed E-state index contributed by atoms with van der Waals surface area (Å²) in [5, 5.41) is 6.05. The van der Waals surface area contributed by atoms with Crippen LogP contribution in [0, 0.1) is 0 Å². The molecule has 0 radical (unpaired) electrons. The van der Waals surface area contributed by atoms with Crippen molar-refractivity contribution in [3.05, 3.63) is 71.5 Å². The van der Waals surface area contributed by atoms with Crippen LogP contribution in [-0.2, 0) is 9.59 Å². The van der Waals surface area contributed by atoms with Crippen molar-refractivity contribution in [1.29, 1.82) is 0 Å². The number of rotatable bonds is 3. The Balaban J connectivity index is 1.43. The first-order valence-corrected chi connectivity index (χ1v) is 9.27. The van der Waals surface area contributed by atoms with Crippen molar-refractivity contribution in [2.75, 3.05) is 31.5 Å². The number of ether oxygens (including phenoxy) is 1. The third kappa shape index (κ3) is 4.13. The van der Waals surface area contributed by atoms with Gasteiger partial charge < -0.3 is 20.3 Å². The number of nitrogens with one attached hydrogen (secondary N) is 2. The quantitative estimate of drug-likeness (QED) is 0.809. The molecule has 2 N–H and O–H groups in total. The number of piperazine rings is 1. The van der Waals surface area contributed by atoms with Gasteiger partial charge in [0.25, 0.3) is 5.91 Å². The summed E-state index contributed by atoms with van der Waals surface area (Å²) in [7, 11) is 0. The standard InChI is InChI=1S/C22H21N3O3/c26-21(25-13-11-23-12-14-25)10-9-16-5-7-17(8-6-16)15-20-22(27)24-18-3-1-2-4-19(18)28-20/h1-10,15,23H,11-14H2,(H,24,27)/b10-9+,20-15-. The first-order chi connectivity index (χ1) is 13.7. The molecular formula is C22H21N3O3. The van der Waals surface area contributed by atoms with Crippen LogP contribution in [0.25, 0.3) is 12.2 Å². The molecule has 142 valence electrons. The number of amides is 2. The van der Waals surface area contributed by atoms with Crippen molar-refractivity contribution in [1.82, 2.24) is 10.2 Å². The predicted molar refractivity (Wildman–Crippen MR) is 109 cm³/mol. The van der Waals surface area contributed by atoms with E-state index < -0.39 is 0 Å². The van der Waals surface area contributed by atoms with Crippen LogP contribution in [0.5, 0.6) is 5.75 Å². The maximum Gasteiger partial charge on any atom is 0.291 e. The molecule has 1 saturated heterocycles. The van der Waals surface area contributed by atoms with E-state index in [-0.39, 0.29) is 17.6 Å². The molecule has 0 aromatic heterocycles. The van der Waals surface area contributed by atoms with Crippen LogP contribution in [0.4, 0.5) is 5.69 Å². The second kappa shape index (κ2) is 8.10. The van der Waals surface area contributed by atoms with Crippen molar-refractivity contribution in [2.24, 2.45) is 0 Å². The van der Waals surface area contributed by atoms with E-state index >= 15 is 0 Å². The van der Waals surface area contributed by atoms with Gasteiger partial charge in [-0.25, -0.2) is 0 Å². The fraction of sp³-hybridized carbons (Fsp3) is 0.182. The van der Waals surface area contributed by atoms with E-state index in [2.05, 4.69) is 10.6 Å². The van der Waals surface area contributed by atoms with E-state index in [4.69, 9.17) is 4.74 Å². The van der Waals surface area contributed by atoms with Crippen LogP contribution >= 0.6 is 0 Å². The summed E-state index contributed by atoms with van der Waals surface area (Å²) in [5.74, 6) is 0.623. The van der Waals surface area contributed by atoms with Crippen LogP contribution < -0.4 is 15.4 Å². The molecule has 2 heterocycles. The topological polar surface area (TPSA) is 70.7 Å². The lowest BCUT2D eigenvalue weighted by molar-refractivity contribution is -0.126. The molecule has 1 fully saturated rings. The van der Waals surface area contributed by atoms with E-state index in [9.17, 15) is 9.59 Å². The summed E-state index contributed by atoms with van der Waals surface area (Å²) in [6.45, 7) is 3.15. The molecule has 4 rings (SSSR count). The van der Waals surface area contributed by atoms with E-state index in [1.165, 1.54) is 0 Å². The Morgan fingerprint density at radius 1 is 1.00 bits per heavy atom. The van der Waals surface area contributed by atoms with Gasteiger partial charge in [0.2, 0.25) is 5.91 Å². The number of benzene rings is 2. The van der Waals surface area contributed by atoms with E-state index in [1.807, 2.05) is 47.4 Å². The molecule has 2 aliphatic rings. The van der Waals surface area contributed by atoms with Gasteiger partial charge in [0, 0.05) is 32.3 Å². The van der Waals surface area contributed by atoms with Crippen LogP contribution in [0.1, 0.15) is 11.1 Å². The van der Waals surface area contributed by atoms with Gasteiger partial charge in [-0.15, -0.1) is 0 Å². The second-order valence-corrected chi connectivity index (χ2v) is 6.64. The molecule has 0 spiro atoms. The minimum absolute atomic E-state index is 0.0265. The zero-order chi connectivity index (χ0) is 19.3. The molecule has 0 aliphatic carbocycles. The van der Waals surface area contributed by atoms with Gasteiger partial charge in [-0.1, -0.05) is 36.4 Å². The van der Waals surface area contributed by atoms with Crippen molar-refractivity contribution in [3.63, 3.8) is 0 Å². The molecule has 0 bridgehead atoms. The molecule has 2 amide bonds. The Bertz CT molecular complexity index is 942. The maximum absolute atomic E-state index is 12.2. The second-order valence-electron chi connectivity index (χ2n) is 6.64. The smallest absolute Gasteiger partial charge is 0.291 e. The monoisotopic (exact) mass is 375 g/mol. The zero-order valence-electron chi connectivity index (χ0n) is 15.4. The van der Waals surface area contributed by atoms with Gasteiger partial charge in [-0.2, -0.15) is 0 Å². The largest absolute Gasteiger partial charge is 0.449 e. The Hall–Kier alpha value is -3.38. The van der Waals surface area contributed by atoms with Crippen molar-refractivity contribution >= 4 is 29.7 Å². The number of fused-ring (bicyclic) bond motifs is 1. The van der Waals surface area contributed by atoms with Gasteiger partial charge in [0.15, 0.2) is 11.5 Å². The summed E-state index contributed by atoms with van der Waals surface area (Å²) in [6, 6.07) is 14.9. The summed E-state index contributed by atoms with van der Waals surface area (Å²) < 4.78 is 5.70. The molecular weight excluding hydrogens is 354 g/mol. The highest BCUT2D eigenvalue weighted by atomic mass is 16.5. The van der Waals surface area contributed by atoms with Crippen molar-refractivity contribution in [3.8, 4) is 5.75 Å². The third-order valence-corrected chi connectivity index (χ3v) is 4.66. The molecule has 0 unspecified atom stereocenters. The van der Waals surface area contributed by atoms with E-state index in [0.29, 0.717) is 11.4 Å². The third-order valence-electron chi connectivity index (χ3n) is 4.66. The van der Waals surface area contributed by atoms with Gasteiger partial charge in [-0.05, 0) is 35.4 Å². The highest BCUT2D eigenvalue weighted by molar-refractivity contribution is 6.08. The lowest BCUT2D eigenvalue weighted by Crippen LogP contribution is -2.45. The zero-order valence-corrected chi connectivity index (χ0v) is 15.4. The van der Waals surface area contributed by atoms with Gasteiger partial charge >= 0.3 is 0 Å². The number of para-hydroxylation sites is 2. The summed E-state index contributed by atoms with van der Waals surface area (Å²) in [4.78, 5) is 26.2. The first kappa shape index (κ1) is 18.0. The van der Waals surface area contributed by atoms with Crippen LogP contribution in [-0.4, -0.2) is 42.9 Å². The molecule has 6 heteroatoms. The molecule has 2 aromatic carbocycles. The lowest BCUT2D eigenvalue weighted by atomic mass is 10.1. The van der Waals surface area contributed by atoms with Gasteiger partial charge in [0.1, 0.15) is 0 Å². The van der Waals surface area contributed by atoms with Crippen molar-refractivity contribution in [2.45, 2.75) is 0 Å². The molecule has 28 heavy (non-hydrogen) atoms. The average molecular weight is 375 g/mol. The van der Waals surface area contributed by atoms with Crippen LogP contribution in [0.15, 0.2) is 60.4 Å². The molecule has 0 atom stereocenters. The molecule has 2 aromatic rings. The normalized spacial score (nSPS) is 17.9. The maximum atomic E-state index is 12.2. The molecule has 6 nitrogen and oxygen atoms in total. The highest BCUT2D eigenvalue weighted by Crippen LogP contribution is 2.30. The minimum Gasteiger partial charge on any atom is -0.449 e. The predicted octanol–water partition coefficient (Wildman–Crippen LogP) is 2.50. The number of anilines is 1. The van der Waals surface area contributed by atoms with Gasteiger partial charge in [0.05, 0.1) is 5.69 Å².